The van der Waals surface area contributed by atoms with Gasteiger partial charge in [0.2, 0.25) is 0 Å². The quantitative estimate of drug-likeness (QED) is 0.607. The molecule has 0 fully saturated rings. The van der Waals surface area contributed by atoms with E-state index in [1.807, 2.05) is 0 Å². The zero-order valence-electron chi connectivity index (χ0n) is 10.4. The second-order valence-electron chi connectivity index (χ2n) is 4.45. The van der Waals surface area contributed by atoms with Gasteiger partial charge in [-0.15, -0.1) is 22.9 Å². The van der Waals surface area contributed by atoms with Crippen LogP contribution in [0.2, 0.25) is 0 Å². The Hall–Kier alpha value is -0.840. The summed E-state index contributed by atoms with van der Waals surface area (Å²) in [6.07, 6.45) is 0. The minimum atomic E-state index is 0.431. The third kappa shape index (κ3) is 2.57. The average Bonchev–Trinajstić information content (AvgIpc) is 2.94. The SMILES string of the molecule is Cc1ccc2c(c1)nc(CCl)n2Cc1ccc(Br)s1. The molecule has 0 saturated carbocycles. The maximum Gasteiger partial charge on any atom is 0.125 e. The van der Waals surface area contributed by atoms with Crippen molar-refractivity contribution in [2.75, 3.05) is 0 Å². The molecule has 0 bridgehead atoms. The highest BCUT2D eigenvalue weighted by Crippen LogP contribution is 2.26. The summed E-state index contributed by atoms with van der Waals surface area (Å²) in [4.78, 5) is 5.91. The van der Waals surface area contributed by atoms with E-state index in [-0.39, 0.29) is 0 Å². The van der Waals surface area contributed by atoms with Crippen LogP contribution in [0.4, 0.5) is 0 Å². The number of fused-ring (bicyclic) bond motifs is 1. The molecule has 19 heavy (non-hydrogen) atoms. The number of nitrogens with zero attached hydrogens (tertiary/aromatic N) is 2. The Bertz CT molecular complexity index is 732. The lowest BCUT2D eigenvalue weighted by atomic mass is 10.2. The molecule has 0 aliphatic rings. The van der Waals surface area contributed by atoms with Crippen LogP contribution >= 0.6 is 38.9 Å². The first kappa shape index (κ1) is 13.2. The normalized spacial score (nSPS) is 11.3. The van der Waals surface area contributed by atoms with E-state index in [0.717, 1.165) is 27.2 Å². The number of imidazole rings is 1. The van der Waals surface area contributed by atoms with Crippen LogP contribution in [0.25, 0.3) is 11.0 Å². The highest BCUT2D eigenvalue weighted by molar-refractivity contribution is 9.11. The molecule has 98 valence electrons. The number of hydrogen-bond donors (Lipinski definition) is 0. The summed E-state index contributed by atoms with van der Waals surface area (Å²) in [5.74, 6) is 1.35. The number of aromatic nitrogens is 2. The number of benzene rings is 1. The van der Waals surface area contributed by atoms with E-state index in [1.165, 1.54) is 10.4 Å². The van der Waals surface area contributed by atoms with Crippen LogP contribution < -0.4 is 0 Å². The lowest BCUT2D eigenvalue weighted by molar-refractivity contribution is 0.789. The number of thiophene rings is 1. The first-order chi connectivity index (χ1) is 9.17. The van der Waals surface area contributed by atoms with E-state index in [4.69, 9.17) is 11.6 Å². The van der Waals surface area contributed by atoms with Gasteiger partial charge in [-0.25, -0.2) is 4.98 Å². The van der Waals surface area contributed by atoms with Gasteiger partial charge in [-0.1, -0.05) is 6.07 Å². The van der Waals surface area contributed by atoms with Gasteiger partial charge < -0.3 is 4.57 Å². The Balaban J connectivity index is 2.10. The lowest BCUT2D eigenvalue weighted by Crippen LogP contribution is -2.02. The van der Waals surface area contributed by atoms with Crippen molar-refractivity contribution in [2.45, 2.75) is 19.3 Å². The molecule has 3 rings (SSSR count). The summed E-state index contributed by atoms with van der Waals surface area (Å²) in [5.41, 5.74) is 3.38. The van der Waals surface area contributed by atoms with Crippen molar-refractivity contribution in [3.63, 3.8) is 0 Å². The molecule has 0 unspecified atom stereocenters. The van der Waals surface area contributed by atoms with Gasteiger partial charge in [-0.05, 0) is 52.7 Å². The number of rotatable bonds is 3. The summed E-state index contributed by atoms with van der Waals surface area (Å²) in [5, 5.41) is 0. The standard InChI is InChI=1S/C14H12BrClN2S/c1-9-2-4-12-11(6-9)17-14(7-16)18(12)8-10-3-5-13(15)19-10/h2-6H,7-8H2,1H3. The molecule has 3 aromatic rings. The molecule has 1 aromatic carbocycles. The first-order valence-corrected chi connectivity index (χ1v) is 8.07. The molecule has 0 atom stereocenters. The molecule has 0 amide bonds. The summed E-state index contributed by atoms with van der Waals surface area (Å²) < 4.78 is 3.34. The molecule has 2 heterocycles. The van der Waals surface area contributed by atoms with Gasteiger partial charge >= 0.3 is 0 Å². The van der Waals surface area contributed by atoms with Crippen LogP contribution in [-0.4, -0.2) is 9.55 Å². The van der Waals surface area contributed by atoms with Gasteiger partial charge in [0.05, 0.1) is 27.2 Å². The molecule has 0 radical (unpaired) electrons. The van der Waals surface area contributed by atoms with Crippen molar-refractivity contribution in [1.82, 2.24) is 9.55 Å². The van der Waals surface area contributed by atoms with Crippen molar-refractivity contribution in [3.8, 4) is 0 Å². The van der Waals surface area contributed by atoms with E-state index in [1.54, 1.807) is 11.3 Å². The maximum atomic E-state index is 6.03. The van der Waals surface area contributed by atoms with E-state index >= 15 is 0 Å². The predicted molar refractivity (Wildman–Crippen MR) is 85.1 cm³/mol. The van der Waals surface area contributed by atoms with E-state index in [0.29, 0.717) is 5.88 Å². The fraction of sp³-hybridized carbons (Fsp3) is 0.214. The highest BCUT2D eigenvalue weighted by Gasteiger charge is 2.11. The summed E-state index contributed by atoms with van der Waals surface area (Å²) in [7, 11) is 0. The van der Waals surface area contributed by atoms with Gasteiger partial charge in [0.15, 0.2) is 0 Å². The average molecular weight is 356 g/mol. The molecule has 2 nitrogen and oxygen atoms in total. The molecule has 0 aliphatic heterocycles. The third-order valence-electron chi connectivity index (χ3n) is 3.05. The van der Waals surface area contributed by atoms with Crippen LogP contribution in [-0.2, 0) is 12.4 Å². The zero-order chi connectivity index (χ0) is 13.4. The van der Waals surface area contributed by atoms with Gasteiger partial charge in [-0.2, -0.15) is 0 Å². The largest absolute Gasteiger partial charge is 0.322 e. The second-order valence-corrected chi connectivity index (χ2v) is 7.26. The molecule has 0 saturated heterocycles. The van der Waals surface area contributed by atoms with E-state index in [9.17, 15) is 0 Å². The Morgan fingerprint density at radius 3 is 2.84 bits per heavy atom. The summed E-state index contributed by atoms with van der Waals surface area (Å²) in [6, 6.07) is 10.5. The van der Waals surface area contributed by atoms with Crippen molar-refractivity contribution < 1.29 is 0 Å². The number of halogens is 2. The Morgan fingerprint density at radius 1 is 1.32 bits per heavy atom. The van der Waals surface area contributed by atoms with Crippen LogP contribution in [0.3, 0.4) is 0 Å². The van der Waals surface area contributed by atoms with Crippen molar-refractivity contribution >= 4 is 49.9 Å². The Kier molecular flexibility index (Phi) is 3.65. The van der Waals surface area contributed by atoms with Crippen molar-refractivity contribution in [1.29, 1.82) is 0 Å². The second kappa shape index (κ2) is 5.27. The lowest BCUT2D eigenvalue weighted by Gasteiger charge is -2.05. The highest BCUT2D eigenvalue weighted by atomic mass is 79.9. The molecule has 2 aromatic heterocycles. The molecular weight excluding hydrogens is 344 g/mol. The fourth-order valence-electron chi connectivity index (χ4n) is 2.16. The van der Waals surface area contributed by atoms with Gasteiger partial charge in [0, 0.05) is 4.88 Å². The number of alkyl halides is 1. The van der Waals surface area contributed by atoms with E-state index in [2.05, 4.69) is 62.7 Å². The van der Waals surface area contributed by atoms with Gasteiger partial charge in [0.1, 0.15) is 5.82 Å². The molecule has 0 aliphatic carbocycles. The molecule has 0 spiro atoms. The minimum Gasteiger partial charge on any atom is -0.322 e. The summed E-state index contributed by atoms with van der Waals surface area (Å²) in [6.45, 7) is 2.90. The fourth-order valence-corrected chi connectivity index (χ4v) is 3.84. The zero-order valence-corrected chi connectivity index (χ0v) is 13.5. The van der Waals surface area contributed by atoms with Crippen molar-refractivity contribution in [3.05, 3.63) is 50.4 Å². The van der Waals surface area contributed by atoms with Gasteiger partial charge in [-0.3, -0.25) is 0 Å². The Morgan fingerprint density at radius 2 is 2.16 bits per heavy atom. The Labute approximate surface area is 129 Å². The number of aryl methyl sites for hydroxylation is 1. The summed E-state index contributed by atoms with van der Waals surface area (Å²) >= 11 is 11.3. The topological polar surface area (TPSA) is 17.8 Å². The molecule has 0 N–H and O–H groups in total. The molecule has 5 heteroatoms. The number of hydrogen-bond acceptors (Lipinski definition) is 2. The smallest absolute Gasteiger partial charge is 0.125 e. The first-order valence-electron chi connectivity index (χ1n) is 5.93. The van der Waals surface area contributed by atoms with Gasteiger partial charge in [0.25, 0.3) is 0 Å². The third-order valence-corrected chi connectivity index (χ3v) is 4.89. The maximum absolute atomic E-state index is 6.03. The minimum absolute atomic E-state index is 0.431. The van der Waals surface area contributed by atoms with E-state index < -0.39 is 0 Å². The van der Waals surface area contributed by atoms with Crippen molar-refractivity contribution in [2.24, 2.45) is 0 Å². The molecular formula is C14H12BrClN2S. The predicted octanol–water partition coefficient (Wildman–Crippen LogP) is 4.96. The van der Waals surface area contributed by atoms with Crippen LogP contribution in [0.1, 0.15) is 16.3 Å². The van der Waals surface area contributed by atoms with Crippen LogP contribution in [0, 0.1) is 6.92 Å². The monoisotopic (exact) mass is 354 g/mol. The van der Waals surface area contributed by atoms with Crippen LogP contribution in [0.5, 0.6) is 0 Å². The van der Waals surface area contributed by atoms with Crippen LogP contribution in [0.15, 0.2) is 34.1 Å².